The number of nitrogens with zero attached hydrogens (tertiary/aromatic N) is 3. The summed E-state index contributed by atoms with van der Waals surface area (Å²) in [6.07, 6.45) is 4.11. The van der Waals surface area contributed by atoms with Crippen LogP contribution in [0.5, 0.6) is 0 Å². The van der Waals surface area contributed by atoms with Crippen LogP contribution >= 0.6 is 0 Å². The number of anilines is 1. The SMILES string of the molecule is CC(C)S(=O)(=O)/C(C#N)=C/Nc1ncccn1. The Hall–Kier alpha value is -1.94. The minimum absolute atomic E-state index is 0.235. The summed E-state index contributed by atoms with van der Waals surface area (Å²) in [5.74, 6) is 0.235. The number of hydrogen-bond donors (Lipinski definition) is 1. The van der Waals surface area contributed by atoms with E-state index in [4.69, 9.17) is 5.26 Å². The third-order valence-electron chi connectivity index (χ3n) is 1.94. The van der Waals surface area contributed by atoms with Crippen molar-refractivity contribution in [3.05, 3.63) is 29.6 Å². The number of allylic oxidation sites excluding steroid dienone is 1. The molecule has 0 aliphatic carbocycles. The Balaban J connectivity index is 2.95. The average Bonchev–Trinajstić information content (AvgIpc) is 2.30. The predicted octanol–water partition coefficient (Wildman–Crippen LogP) is 1.08. The van der Waals surface area contributed by atoms with Crippen molar-refractivity contribution in [2.45, 2.75) is 19.1 Å². The fourth-order valence-corrected chi connectivity index (χ4v) is 1.79. The molecular formula is C10H12N4O2S. The first kappa shape index (κ1) is 13.1. The highest BCUT2D eigenvalue weighted by Gasteiger charge is 2.22. The number of rotatable bonds is 4. The van der Waals surface area contributed by atoms with Gasteiger partial charge in [-0.05, 0) is 19.9 Å². The van der Waals surface area contributed by atoms with Crippen molar-refractivity contribution in [1.82, 2.24) is 9.97 Å². The van der Waals surface area contributed by atoms with E-state index in [1.54, 1.807) is 12.1 Å². The molecule has 6 nitrogen and oxygen atoms in total. The van der Waals surface area contributed by atoms with Crippen molar-refractivity contribution < 1.29 is 8.42 Å². The molecule has 0 unspecified atom stereocenters. The Morgan fingerprint density at radius 1 is 1.47 bits per heavy atom. The van der Waals surface area contributed by atoms with Crippen LogP contribution in [0.15, 0.2) is 29.6 Å². The number of sulfone groups is 1. The zero-order valence-corrected chi connectivity index (χ0v) is 10.3. The van der Waals surface area contributed by atoms with Gasteiger partial charge in [0.25, 0.3) is 0 Å². The minimum atomic E-state index is -3.58. The van der Waals surface area contributed by atoms with E-state index < -0.39 is 15.1 Å². The van der Waals surface area contributed by atoms with Crippen LogP contribution in [-0.4, -0.2) is 23.6 Å². The predicted molar refractivity (Wildman–Crippen MR) is 63.4 cm³/mol. The Labute approximate surface area is 99.9 Å². The lowest BCUT2D eigenvalue weighted by Gasteiger charge is -2.05. The summed E-state index contributed by atoms with van der Waals surface area (Å²) in [5, 5.41) is 10.7. The maximum atomic E-state index is 11.7. The maximum Gasteiger partial charge on any atom is 0.226 e. The van der Waals surface area contributed by atoms with Crippen LogP contribution in [-0.2, 0) is 9.84 Å². The molecule has 1 N–H and O–H groups in total. The van der Waals surface area contributed by atoms with Gasteiger partial charge in [0, 0.05) is 18.6 Å². The van der Waals surface area contributed by atoms with E-state index in [0.29, 0.717) is 0 Å². The normalized spacial score (nSPS) is 12.2. The van der Waals surface area contributed by atoms with Crippen LogP contribution in [0, 0.1) is 11.3 Å². The van der Waals surface area contributed by atoms with Crippen LogP contribution in [0.1, 0.15) is 13.8 Å². The molecule has 1 heterocycles. The van der Waals surface area contributed by atoms with Crippen LogP contribution in [0.4, 0.5) is 5.95 Å². The standard InChI is InChI=1S/C10H12N4O2S/c1-8(2)17(15,16)9(6-11)7-14-10-12-4-3-5-13-10/h3-5,7-8H,1-2H3,(H,12,13,14)/b9-7+. The summed E-state index contributed by atoms with van der Waals surface area (Å²) in [6.45, 7) is 3.03. The molecule has 0 saturated carbocycles. The first-order valence-corrected chi connectivity index (χ1v) is 6.41. The molecule has 17 heavy (non-hydrogen) atoms. The first-order chi connectivity index (χ1) is 7.98. The monoisotopic (exact) mass is 252 g/mol. The molecule has 1 aromatic rings. The fraction of sp³-hybridized carbons (Fsp3) is 0.300. The quantitative estimate of drug-likeness (QED) is 0.805. The summed E-state index contributed by atoms with van der Waals surface area (Å²) in [4.78, 5) is 7.35. The van der Waals surface area contributed by atoms with Gasteiger partial charge in [-0.2, -0.15) is 5.26 Å². The van der Waals surface area contributed by atoms with Gasteiger partial charge < -0.3 is 5.32 Å². The molecule has 0 fully saturated rings. The van der Waals surface area contributed by atoms with Gasteiger partial charge in [-0.25, -0.2) is 18.4 Å². The van der Waals surface area contributed by atoms with Crippen molar-refractivity contribution in [2.24, 2.45) is 0 Å². The smallest absolute Gasteiger partial charge is 0.226 e. The molecule has 0 radical (unpaired) electrons. The molecule has 1 rings (SSSR count). The van der Waals surface area contributed by atoms with Gasteiger partial charge in [-0.15, -0.1) is 0 Å². The molecule has 0 amide bonds. The maximum absolute atomic E-state index is 11.7. The van der Waals surface area contributed by atoms with Crippen molar-refractivity contribution in [1.29, 1.82) is 5.26 Å². The van der Waals surface area contributed by atoms with Crippen LogP contribution in [0.3, 0.4) is 0 Å². The molecule has 1 aromatic heterocycles. The van der Waals surface area contributed by atoms with E-state index in [1.807, 2.05) is 0 Å². The zero-order chi connectivity index (χ0) is 12.9. The molecule has 0 aromatic carbocycles. The second kappa shape index (κ2) is 5.41. The number of nitrogens with one attached hydrogen (secondary N) is 1. The molecule has 0 aliphatic heterocycles. The van der Waals surface area contributed by atoms with E-state index in [1.165, 1.54) is 26.2 Å². The Morgan fingerprint density at radius 2 is 2.06 bits per heavy atom. The average molecular weight is 252 g/mol. The van der Waals surface area contributed by atoms with Gasteiger partial charge in [0.15, 0.2) is 14.7 Å². The lowest BCUT2D eigenvalue weighted by molar-refractivity contribution is 0.594. The second-order valence-corrected chi connectivity index (χ2v) is 5.90. The van der Waals surface area contributed by atoms with Crippen molar-refractivity contribution in [2.75, 3.05) is 5.32 Å². The zero-order valence-electron chi connectivity index (χ0n) is 9.45. The van der Waals surface area contributed by atoms with E-state index >= 15 is 0 Å². The minimum Gasteiger partial charge on any atom is -0.329 e. The molecule has 90 valence electrons. The van der Waals surface area contributed by atoms with Crippen molar-refractivity contribution >= 4 is 15.8 Å². The van der Waals surface area contributed by atoms with E-state index in [9.17, 15) is 8.42 Å². The topological polar surface area (TPSA) is 95.7 Å². The highest BCUT2D eigenvalue weighted by Crippen LogP contribution is 2.12. The van der Waals surface area contributed by atoms with Gasteiger partial charge in [-0.3, -0.25) is 0 Å². The molecule has 0 saturated heterocycles. The van der Waals surface area contributed by atoms with E-state index in [2.05, 4.69) is 15.3 Å². The van der Waals surface area contributed by atoms with Gasteiger partial charge in [0.1, 0.15) is 6.07 Å². The first-order valence-electron chi connectivity index (χ1n) is 4.86. The van der Waals surface area contributed by atoms with Crippen molar-refractivity contribution in [3.63, 3.8) is 0 Å². The van der Waals surface area contributed by atoms with Gasteiger partial charge >= 0.3 is 0 Å². The van der Waals surface area contributed by atoms with Gasteiger partial charge in [-0.1, -0.05) is 0 Å². The van der Waals surface area contributed by atoms with Gasteiger partial charge in [0.05, 0.1) is 5.25 Å². The van der Waals surface area contributed by atoms with Gasteiger partial charge in [0.2, 0.25) is 5.95 Å². The van der Waals surface area contributed by atoms with Crippen LogP contribution in [0.2, 0.25) is 0 Å². The largest absolute Gasteiger partial charge is 0.329 e. The van der Waals surface area contributed by atoms with Crippen molar-refractivity contribution in [3.8, 4) is 6.07 Å². The molecule has 0 atom stereocenters. The lowest BCUT2D eigenvalue weighted by Crippen LogP contribution is -2.16. The summed E-state index contributed by atoms with van der Waals surface area (Å²) in [6, 6.07) is 3.28. The highest BCUT2D eigenvalue weighted by atomic mass is 32.2. The molecular weight excluding hydrogens is 240 g/mol. The summed E-state index contributed by atoms with van der Waals surface area (Å²) in [7, 11) is -3.58. The number of hydrogen-bond acceptors (Lipinski definition) is 6. The number of nitriles is 1. The second-order valence-electron chi connectivity index (χ2n) is 3.43. The number of aromatic nitrogens is 2. The Bertz CT molecular complexity index is 543. The lowest BCUT2D eigenvalue weighted by atomic mass is 10.6. The highest BCUT2D eigenvalue weighted by molar-refractivity contribution is 7.96. The Morgan fingerprint density at radius 3 is 2.53 bits per heavy atom. The van der Waals surface area contributed by atoms with E-state index in [-0.39, 0.29) is 10.9 Å². The van der Waals surface area contributed by atoms with Crippen LogP contribution in [0.25, 0.3) is 0 Å². The molecule has 0 spiro atoms. The summed E-state index contributed by atoms with van der Waals surface area (Å²) >= 11 is 0. The summed E-state index contributed by atoms with van der Waals surface area (Å²) in [5.41, 5.74) is 0. The molecule has 0 aliphatic rings. The third-order valence-corrected chi connectivity index (χ3v) is 4.00. The molecule has 7 heteroatoms. The van der Waals surface area contributed by atoms with E-state index in [0.717, 1.165) is 6.20 Å². The molecule has 0 bridgehead atoms. The summed E-state index contributed by atoms with van der Waals surface area (Å²) < 4.78 is 23.4. The third kappa shape index (κ3) is 3.26. The Kier molecular flexibility index (Phi) is 4.17. The van der Waals surface area contributed by atoms with Crippen LogP contribution < -0.4 is 5.32 Å². The fourth-order valence-electron chi connectivity index (χ4n) is 0.936.